The molecule has 1 aliphatic rings. The smallest absolute Gasteiger partial charge is 0.162 e. The Morgan fingerprint density at radius 2 is 2.04 bits per heavy atom. The molecule has 0 saturated carbocycles. The Bertz CT molecular complexity index is 811. The molecule has 0 amide bonds. The van der Waals surface area contributed by atoms with E-state index in [4.69, 9.17) is 10.2 Å². The van der Waals surface area contributed by atoms with Crippen LogP contribution in [0, 0.1) is 6.92 Å². The molecule has 0 spiro atoms. The van der Waals surface area contributed by atoms with Crippen LogP contribution in [0.25, 0.3) is 10.8 Å². The van der Waals surface area contributed by atoms with Gasteiger partial charge in [-0.2, -0.15) is 0 Å². The van der Waals surface area contributed by atoms with Crippen molar-refractivity contribution >= 4 is 11.3 Å². The number of thiazole rings is 1. The number of rotatable bonds is 4. The molecule has 24 heavy (non-hydrogen) atoms. The van der Waals surface area contributed by atoms with E-state index in [1.54, 1.807) is 11.3 Å². The highest BCUT2D eigenvalue weighted by Gasteiger charge is 2.31. The highest BCUT2D eigenvalue weighted by molar-refractivity contribution is 7.14. The second-order valence-electron chi connectivity index (χ2n) is 6.42. The third-order valence-corrected chi connectivity index (χ3v) is 5.55. The van der Waals surface area contributed by atoms with Crippen LogP contribution >= 0.6 is 11.3 Å². The lowest BCUT2D eigenvalue weighted by Gasteiger charge is -2.15. The van der Waals surface area contributed by atoms with Gasteiger partial charge in [-0.3, -0.25) is 4.90 Å². The summed E-state index contributed by atoms with van der Waals surface area (Å²) >= 11 is 1.70. The molecule has 1 fully saturated rings. The fourth-order valence-electron chi connectivity index (χ4n) is 3.36. The number of aryl methyl sites for hydroxylation is 1. The SMILES string of the molecule is Cc1ccc(-c2ncc(CN3C[C@@H](N)[C@H](c4ccccc4)C3)s2)o1. The first-order chi connectivity index (χ1) is 11.7. The Morgan fingerprint density at radius 1 is 1.21 bits per heavy atom. The van der Waals surface area contributed by atoms with Gasteiger partial charge in [-0.1, -0.05) is 30.3 Å². The average Bonchev–Trinajstić information content (AvgIpc) is 3.29. The number of nitrogens with two attached hydrogens (primary N) is 1. The van der Waals surface area contributed by atoms with E-state index in [1.807, 2.05) is 25.3 Å². The summed E-state index contributed by atoms with van der Waals surface area (Å²) in [5, 5.41) is 0.946. The van der Waals surface area contributed by atoms with Crippen molar-refractivity contribution in [3.8, 4) is 10.8 Å². The van der Waals surface area contributed by atoms with Gasteiger partial charge >= 0.3 is 0 Å². The highest BCUT2D eigenvalue weighted by Crippen LogP contribution is 2.31. The maximum Gasteiger partial charge on any atom is 0.162 e. The number of hydrogen-bond acceptors (Lipinski definition) is 5. The van der Waals surface area contributed by atoms with Crippen molar-refractivity contribution < 1.29 is 4.42 Å². The molecule has 4 rings (SSSR count). The second-order valence-corrected chi connectivity index (χ2v) is 7.53. The zero-order valence-electron chi connectivity index (χ0n) is 13.7. The molecule has 3 heterocycles. The molecule has 124 valence electrons. The van der Waals surface area contributed by atoms with Crippen molar-refractivity contribution in [2.75, 3.05) is 13.1 Å². The average molecular weight is 339 g/mol. The summed E-state index contributed by atoms with van der Waals surface area (Å²) in [6.07, 6.45) is 1.96. The summed E-state index contributed by atoms with van der Waals surface area (Å²) in [4.78, 5) is 8.18. The molecular weight excluding hydrogens is 318 g/mol. The van der Waals surface area contributed by atoms with Gasteiger partial charge in [-0.05, 0) is 24.6 Å². The molecule has 5 heteroatoms. The summed E-state index contributed by atoms with van der Waals surface area (Å²) in [5.74, 6) is 2.17. The van der Waals surface area contributed by atoms with E-state index in [2.05, 4.69) is 40.2 Å². The Labute approximate surface area is 145 Å². The van der Waals surface area contributed by atoms with E-state index >= 15 is 0 Å². The van der Waals surface area contributed by atoms with Crippen molar-refractivity contribution in [1.29, 1.82) is 0 Å². The second kappa shape index (κ2) is 6.51. The zero-order valence-corrected chi connectivity index (χ0v) is 14.5. The van der Waals surface area contributed by atoms with Crippen LogP contribution in [0.2, 0.25) is 0 Å². The minimum Gasteiger partial charge on any atom is -0.459 e. The molecule has 1 aromatic carbocycles. The molecule has 3 aromatic rings. The number of likely N-dealkylation sites (tertiary alicyclic amines) is 1. The van der Waals surface area contributed by atoms with Crippen LogP contribution in [0.15, 0.2) is 53.1 Å². The highest BCUT2D eigenvalue weighted by atomic mass is 32.1. The largest absolute Gasteiger partial charge is 0.459 e. The molecule has 1 aliphatic heterocycles. The molecule has 0 radical (unpaired) electrons. The van der Waals surface area contributed by atoms with Gasteiger partial charge in [0.2, 0.25) is 0 Å². The number of nitrogens with zero attached hydrogens (tertiary/aromatic N) is 2. The van der Waals surface area contributed by atoms with Gasteiger partial charge < -0.3 is 10.2 Å². The van der Waals surface area contributed by atoms with Crippen molar-refractivity contribution in [1.82, 2.24) is 9.88 Å². The monoisotopic (exact) mass is 339 g/mol. The maximum atomic E-state index is 6.39. The van der Waals surface area contributed by atoms with Crippen molar-refractivity contribution in [2.45, 2.75) is 25.4 Å². The van der Waals surface area contributed by atoms with E-state index in [-0.39, 0.29) is 6.04 Å². The van der Waals surface area contributed by atoms with Gasteiger partial charge in [-0.15, -0.1) is 11.3 Å². The van der Waals surface area contributed by atoms with Gasteiger partial charge in [-0.25, -0.2) is 4.98 Å². The van der Waals surface area contributed by atoms with Crippen LogP contribution < -0.4 is 5.73 Å². The molecule has 2 atom stereocenters. The standard InChI is InChI=1S/C19H21N3OS/c1-13-7-8-18(23-13)19-21-9-15(24-19)10-22-11-16(17(20)12-22)14-5-3-2-4-6-14/h2-9,16-17H,10-12,20H2,1H3/t16-,17+/m0/s1. The van der Waals surface area contributed by atoms with Crippen LogP contribution in [-0.2, 0) is 6.54 Å². The van der Waals surface area contributed by atoms with Crippen molar-refractivity contribution in [3.63, 3.8) is 0 Å². The molecule has 0 aliphatic carbocycles. The van der Waals surface area contributed by atoms with Crippen LogP contribution in [0.4, 0.5) is 0 Å². The van der Waals surface area contributed by atoms with E-state index in [0.29, 0.717) is 5.92 Å². The van der Waals surface area contributed by atoms with Gasteiger partial charge in [0.05, 0.1) is 0 Å². The first-order valence-electron chi connectivity index (χ1n) is 8.23. The number of hydrogen-bond donors (Lipinski definition) is 1. The predicted octanol–water partition coefficient (Wildman–Crippen LogP) is 3.64. The number of furan rings is 1. The first kappa shape index (κ1) is 15.6. The molecule has 2 aromatic heterocycles. The van der Waals surface area contributed by atoms with Crippen LogP contribution in [-0.4, -0.2) is 29.0 Å². The van der Waals surface area contributed by atoms with Gasteiger partial charge in [0.15, 0.2) is 10.8 Å². The summed E-state index contributed by atoms with van der Waals surface area (Å²) in [7, 11) is 0. The van der Waals surface area contributed by atoms with E-state index in [0.717, 1.165) is 36.2 Å². The number of aromatic nitrogens is 1. The maximum absolute atomic E-state index is 6.39. The molecule has 2 N–H and O–H groups in total. The molecule has 0 unspecified atom stereocenters. The summed E-state index contributed by atoms with van der Waals surface area (Å²) in [6, 6.07) is 14.7. The van der Waals surface area contributed by atoms with E-state index < -0.39 is 0 Å². The molecular formula is C19H21N3OS. The quantitative estimate of drug-likeness (QED) is 0.788. The Hall–Kier alpha value is -1.95. The fraction of sp³-hybridized carbons (Fsp3) is 0.316. The lowest BCUT2D eigenvalue weighted by Crippen LogP contribution is -2.28. The van der Waals surface area contributed by atoms with Crippen molar-refractivity contribution in [2.24, 2.45) is 5.73 Å². The van der Waals surface area contributed by atoms with E-state index in [9.17, 15) is 0 Å². The van der Waals surface area contributed by atoms with Gasteiger partial charge in [0, 0.05) is 42.7 Å². The molecule has 4 nitrogen and oxygen atoms in total. The third-order valence-electron chi connectivity index (χ3n) is 4.55. The summed E-state index contributed by atoms with van der Waals surface area (Å²) in [6.45, 7) is 4.77. The van der Waals surface area contributed by atoms with Crippen LogP contribution in [0.3, 0.4) is 0 Å². The lowest BCUT2D eigenvalue weighted by atomic mass is 9.95. The summed E-state index contributed by atoms with van der Waals surface area (Å²) < 4.78 is 5.66. The van der Waals surface area contributed by atoms with Crippen LogP contribution in [0.5, 0.6) is 0 Å². The molecule has 1 saturated heterocycles. The Kier molecular flexibility index (Phi) is 4.22. The summed E-state index contributed by atoms with van der Waals surface area (Å²) in [5.41, 5.74) is 7.72. The first-order valence-corrected chi connectivity index (χ1v) is 9.05. The minimum atomic E-state index is 0.188. The topological polar surface area (TPSA) is 55.3 Å². The normalized spacial score (nSPS) is 21.4. The number of benzene rings is 1. The lowest BCUT2D eigenvalue weighted by molar-refractivity contribution is 0.326. The van der Waals surface area contributed by atoms with Gasteiger partial charge in [0.25, 0.3) is 0 Å². The van der Waals surface area contributed by atoms with E-state index in [1.165, 1.54) is 10.4 Å². The predicted molar refractivity (Wildman–Crippen MR) is 97.0 cm³/mol. The Morgan fingerprint density at radius 3 is 2.79 bits per heavy atom. The van der Waals surface area contributed by atoms with Crippen molar-refractivity contribution in [3.05, 3.63) is 64.9 Å². The third kappa shape index (κ3) is 3.15. The zero-order chi connectivity index (χ0) is 16.5. The molecule has 0 bridgehead atoms. The fourth-order valence-corrected chi connectivity index (χ4v) is 4.28. The Balaban J connectivity index is 1.44. The van der Waals surface area contributed by atoms with Crippen LogP contribution in [0.1, 0.15) is 22.1 Å². The van der Waals surface area contributed by atoms with Gasteiger partial charge in [0.1, 0.15) is 5.76 Å². The minimum absolute atomic E-state index is 0.188.